The topological polar surface area (TPSA) is 57.5 Å². The number of aromatic nitrogens is 2. The van der Waals surface area contributed by atoms with E-state index in [1.807, 2.05) is 10.9 Å². The Morgan fingerprint density at radius 1 is 1.16 bits per heavy atom. The zero-order chi connectivity index (χ0) is 13.8. The predicted molar refractivity (Wildman–Crippen MR) is 73.1 cm³/mol. The molecule has 0 atom stereocenters. The summed E-state index contributed by atoms with van der Waals surface area (Å²) in [6.45, 7) is 5.34. The number of methoxy groups -OCH3 is 2. The fourth-order valence-corrected chi connectivity index (χ4v) is 1.60. The second-order valence-corrected chi connectivity index (χ2v) is 4.24. The van der Waals surface area contributed by atoms with Crippen LogP contribution in [-0.2, 0) is 27.3 Å². The van der Waals surface area contributed by atoms with Gasteiger partial charge in [-0.15, -0.1) is 0 Å². The Balaban J connectivity index is 2.06. The van der Waals surface area contributed by atoms with E-state index in [1.165, 1.54) is 5.56 Å². The lowest BCUT2D eigenvalue weighted by Crippen LogP contribution is -2.18. The first-order valence-corrected chi connectivity index (χ1v) is 6.64. The zero-order valence-corrected chi connectivity index (χ0v) is 11.9. The molecule has 1 heterocycles. The maximum atomic E-state index is 5.40. The molecule has 0 bridgehead atoms. The molecule has 0 saturated heterocycles. The third-order valence-electron chi connectivity index (χ3n) is 2.61. The van der Waals surface area contributed by atoms with Crippen LogP contribution in [0.5, 0.6) is 0 Å². The van der Waals surface area contributed by atoms with Crippen molar-refractivity contribution in [2.45, 2.75) is 19.5 Å². The summed E-state index contributed by atoms with van der Waals surface area (Å²) >= 11 is 0. The number of hydrogen-bond acceptors (Lipinski definition) is 5. The standard InChI is InChI=1S/C13H25N3O3/c1-17-7-4-14-10-13-11-15-16(12-13)5-3-6-19-9-8-18-2/h11-12,14H,3-10H2,1-2H3. The van der Waals surface area contributed by atoms with E-state index in [9.17, 15) is 0 Å². The average Bonchev–Trinajstić information content (AvgIpc) is 2.87. The molecule has 1 aromatic rings. The minimum atomic E-state index is 0.652. The fourth-order valence-electron chi connectivity index (χ4n) is 1.60. The summed E-state index contributed by atoms with van der Waals surface area (Å²) in [5.74, 6) is 0. The Morgan fingerprint density at radius 3 is 2.79 bits per heavy atom. The molecule has 0 aliphatic carbocycles. The quantitative estimate of drug-likeness (QED) is 0.566. The third kappa shape index (κ3) is 7.94. The van der Waals surface area contributed by atoms with Gasteiger partial charge < -0.3 is 19.5 Å². The highest BCUT2D eigenvalue weighted by Gasteiger charge is 1.98. The average molecular weight is 271 g/mol. The van der Waals surface area contributed by atoms with Crippen molar-refractivity contribution in [2.75, 3.05) is 47.2 Å². The van der Waals surface area contributed by atoms with E-state index in [-0.39, 0.29) is 0 Å². The first-order valence-electron chi connectivity index (χ1n) is 6.64. The van der Waals surface area contributed by atoms with Crippen LogP contribution < -0.4 is 5.32 Å². The molecule has 6 heteroatoms. The van der Waals surface area contributed by atoms with Gasteiger partial charge in [-0.2, -0.15) is 5.10 Å². The first-order chi connectivity index (χ1) is 9.36. The minimum absolute atomic E-state index is 0.652. The molecule has 0 radical (unpaired) electrons. The molecular weight excluding hydrogens is 246 g/mol. The summed E-state index contributed by atoms with van der Waals surface area (Å²) in [6.07, 6.45) is 4.92. The van der Waals surface area contributed by atoms with Crippen molar-refractivity contribution in [3.63, 3.8) is 0 Å². The zero-order valence-electron chi connectivity index (χ0n) is 11.9. The van der Waals surface area contributed by atoms with Gasteiger partial charge in [-0.05, 0) is 6.42 Å². The molecule has 0 saturated carbocycles. The van der Waals surface area contributed by atoms with Crippen molar-refractivity contribution < 1.29 is 14.2 Å². The van der Waals surface area contributed by atoms with Crippen LogP contribution in [0.4, 0.5) is 0 Å². The van der Waals surface area contributed by atoms with E-state index in [2.05, 4.69) is 16.6 Å². The Labute approximate surface area is 115 Å². The van der Waals surface area contributed by atoms with Gasteiger partial charge in [-0.25, -0.2) is 0 Å². The molecule has 0 aromatic carbocycles. The van der Waals surface area contributed by atoms with Crippen LogP contribution in [0, 0.1) is 0 Å². The van der Waals surface area contributed by atoms with Crippen molar-refractivity contribution in [2.24, 2.45) is 0 Å². The highest BCUT2D eigenvalue weighted by Crippen LogP contribution is 1.98. The van der Waals surface area contributed by atoms with Crippen LogP contribution >= 0.6 is 0 Å². The lowest BCUT2D eigenvalue weighted by Gasteiger charge is -2.04. The summed E-state index contributed by atoms with van der Waals surface area (Å²) in [4.78, 5) is 0. The molecule has 1 N–H and O–H groups in total. The highest BCUT2D eigenvalue weighted by molar-refractivity contribution is 5.03. The first kappa shape index (κ1) is 16.1. The van der Waals surface area contributed by atoms with Crippen molar-refractivity contribution in [3.8, 4) is 0 Å². The van der Waals surface area contributed by atoms with Crippen molar-refractivity contribution in [3.05, 3.63) is 18.0 Å². The molecule has 0 spiro atoms. The Hall–Kier alpha value is -0.950. The Kier molecular flexibility index (Phi) is 9.26. The predicted octanol–water partition coefficient (Wildman–Crippen LogP) is 0.672. The van der Waals surface area contributed by atoms with Crippen molar-refractivity contribution >= 4 is 0 Å². The largest absolute Gasteiger partial charge is 0.383 e. The van der Waals surface area contributed by atoms with Gasteiger partial charge in [-0.3, -0.25) is 4.68 Å². The van der Waals surface area contributed by atoms with Gasteiger partial charge in [0, 0.05) is 52.2 Å². The lowest BCUT2D eigenvalue weighted by molar-refractivity contribution is 0.0677. The van der Waals surface area contributed by atoms with Gasteiger partial charge >= 0.3 is 0 Å². The second-order valence-electron chi connectivity index (χ2n) is 4.24. The number of nitrogens with one attached hydrogen (secondary N) is 1. The molecule has 0 unspecified atom stereocenters. The van der Waals surface area contributed by atoms with Gasteiger partial charge in [-0.1, -0.05) is 0 Å². The molecule has 0 amide bonds. The van der Waals surface area contributed by atoms with Crippen LogP contribution in [0.2, 0.25) is 0 Å². The summed E-state index contributed by atoms with van der Waals surface area (Å²) in [5.41, 5.74) is 1.19. The maximum absolute atomic E-state index is 5.40. The molecule has 0 aliphatic heterocycles. The van der Waals surface area contributed by atoms with Crippen molar-refractivity contribution in [1.82, 2.24) is 15.1 Å². The third-order valence-corrected chi connectivity index (χ3v) is 2.61. The van der Waals surface area contributed by atoms with E-state index in [4.69, 9.17) is 14.2 Å². The van der Waals surface area contributed by atoms with E-state index >= 15 is 0 Å². The van der Waals surface area contributed by atoms with E-state index in [0.717, 1.165) is 39.3 Å². The monoisotopic (exact) mass is 271 g/mol. The number of aryl methyl sites for hydroxylation is 1. The Bertz CT molecular complexity index is 318. The van der Waals surface area contributed by atoms with Gasteiger partial charge in [0.25, 0.3) is 0 Å². The van der Waals surface area contributed by atoms with Crippen LogP contribution in [0.3, 0.4) is 0 Å². The smallest absolute Gasteiger partial charge is 0.0700 e. The minimum Gasteiger partial charge on any atom is -0.383 e. The molecule has 110 valence electrons. The van der Waals surface area contributed by atoms with E-state index in [0.29, 0.717) is 13.2 Å². The molecule has 1 aromatic heterocycles. The van der Waals surface area contributed by atoms with Gasteiger partial charge in [0.15, 0.2) is 0 Å². The van der Waals surface area contributed by atoms with Gasteiger partial charge in [0.1, 0.15) is 0 Å². The molecule has 0 aliphatic rings. The summed E-state index contributed by atoms with van der Waals surface area (Å²) < 4.78 is 17.2. The van der Waals surface area contributed by atoms with Crippen LogP contribution in [0.25, 0.3) is 0 Å². The van der Waals surface area contributed by atoms with Crippen molar-refractivity contribution in [1.29, 1.82) is 0 Å². The fraction of sp³-hybridized carbons (Fsp3) is 0.769. The second kappa shape index (κ2) is 10.9. The molecule has 6 nitrogen and oxygen atoms in total. The van der Waals surface area contributed by atoms with Gasteiger partial charge in [0.05, 0.1) is 26.0 Å². The summed E-state index contributed by atoms with van der Waals surface area (Å²) in [5, 5.41) is 7.60. The van der Waals surface area contributed by atoms with Crippen LogP contribution in [0.1, 0.15) is 12.0 Å². The maximum Gasteiger partial charge on any atom is 0.0700 e. The molecule has 19 heavy (non-hydrogen) atoms. The molecule has 1 rings (SSSR count). The number of hydrogen-bond donors (Lipinski definition) is 1. The Morgan fingerprint density at radius 2 is 2.00 bits per heavy atom. The summed E-state index contributed by atoms with van der Waals surface area (Å²) in [7, 11) is 3.38. The molecule has 0 fully saturated rings. The summed E-state index contributed by atoms with van der Waals surface area (Å²) in [6, 6.07) is 0. The molecular formula is C13H25N3O3. The lowest BCUT2D eigenvalue weighted by atomic mass is 10.3. The number of ether oxygens (including phenoxy) is 3. The number of nitrogens with zero attached hydrogens (tertiary/aromatic N) is 2. The highest BCUT2D eigenvalue weighted by atomic mass is 16.5. The van der Waals surface area contributed by atoms with Crippen LogP contribution in [-0.4, -0.2) is 57.0 Å². The van der Waals surface area contributed by atoms with Crippen LogP contribution in [0.15, 0.2) is 12.4 Å². The van der Waals surface area contributed by atoms with E-state index in [1.54, 1.807) is 14.2 Å². The SMILES string of the molecule is COCCNCc1cnn(CCCOCCOC)c1. The number of rotatable bonds is 12. The van der Waals surface area contributed by atoms with Gasteiger partial charge in [0.2, 0.25) is 0 Å². The van der Waals surface area contributed by atoms with E-state index < -0.39 is 0 Å². The normalized spacial score (nSPS) is 11.1.